The summed E-state index contributed by atoms with van der Waals surface area (Å²) in [6.07, 6.45) is 1.68. The molecule has 5 nitrogen and oxygen atoms in total. The van der Waals surface area contributed by atoms with Crippen LogP contribution in [0, 0.1) is 6.92 Å². The summed E-state index contributed by atoms with van der Waals surface area (Å²) in [7, 11) is 1.77. The SMILES string of the molecule is Cc1nn(C)cc1NC(=O)CO. The van der Waals surface area contributed by atoms with Crippen molar-refractivity contribution in [2.24, 2.45) is 7.05 Å². The molecule has 0 atom stereocenters. The smallest absolute Gasteiger partial charge is 0.250 e. The third kappa shape index (κ3) is 1.82. The summed E-state index contributed by atoms with van der Waals surface area (Å²) in [6.45, 7) is 1.28. The lowest BCUT2D eigenvalue weighted by Gasteiger charge is -1.98. The van der Waals surface area contributed by atoms with E-state index in [2.05, 4.69) is 10.4 Å². The fourth-order valence-corrected chi connectivity index (χ4v) is 0.912. The molecule has 0 saturated heterocycles. The standard InChI is InChI=1S/C7H11N3O2/c1-5-6(3-10(2)9-5)8-7(12)4-11/h3,11H,4H2,1-2H3,(H,8,12). The van der Waals surface area contributed by atoms with Crippen molar-refractivity contribution >= 4 is 11.6 Å². The summed E-state index contributed by atoms with van der Waals surface area (Å²) >= 11 is 0. The van der Waals surface area contributed by atoms with Crippen LogP contribution in [-0.4, -0.2) is 27.4 Å². The van der Waals surface area contributed by atoms with Crippen LogP contribution in [0.1, 0.15) is 5.69 Å². The number of amides is 1. The quantitative estimate of drug-likeness (QED) is 0.636. The first-order valence-electron chi connectivity index (χ1n) is 3.54. The lowest BCUT2D eigenvalue weighted by molar-refractivity contribution is -0.118. The maximum Gasteiger partial charge on any atom is 0.250 e. The highest BCUT2D eigenvalue weighted by Gasteiger charge is 2.05. The van der Waals surface area contributed by atoms with E-state index in [4.69, 9.17) is 5.11 Å². The van der Waals surface area contributed by atoms with Crippen molar-refractivity contribution in [2.75, 3.05) is 11.9 Å². The number of carbonyl (C=O) groups excluding carboxylic acids is 1. The lowest BCUT2D eigenvalue weighted by Crippen LogP contribution is -2.15. The van der Waals surface area contributed by atoms with Gasteiger partial charge in [-0.1, -0.05) is 0 Å². The van der Waals surface area contributed by atoms with Crippen molar-refractivity contribution in [1.29, 1.82) is 0 Å². The second kappa shape index (κ2) is 3.36. The van der Waals surface area contributed by atoms with Gasteiger partial charge >= 0.3 is 0 Å². The van der Waals surface area contributed by atoms with Crippen LogP contribution in [0.5, 0.6) is 0 Å². The third-order valence-electron chi connectivity index (χ3n) is 1.43. The Kier molecular flexibility index (Phi) is 2.44. The number of carbonyl (C=O) groups is 1. The molecule has 0 aliphatic rings. The molecule has 0 aliphatic carbocycles. The first-order valence-corrected chi connectivity index (χ1v) is 3.54. The van der Waals surface area contributed by atoms with Crippen LogP contribution in [0.3, 0.4) is 0 Å². The van der Waals surface area contributed by atoms with Gasteiger partial charge in [0, 0.05) is 13.2 Å². The van der Waals surface area contributed by atoms with E-state index in [-0.39, 0.29) is 0 Å². The predicted octanol–water partition coefficient (Wildman–Crippen LogP) is -0.341. The summed E-state index contributed by atoms with van der Waals surface area (Å²) < 4.78 is 1.60. The summed E-state index contributed by atoms with van der Waals surface area (Å²) in [4.78, 5) is 10.7. The molecule has 1 rings (SSSR count). The van der Waals surface area contributed by atoms with Crippen LogP contribution in [-0.2, 0) is 11.8 Å². The van der Waals surface area contributed by atoms with Gasteiger partial charge < -0.3 is 10.4 Å². The second-order valence-corrected chi connectivity index (χ2v) is 2.51. The molecule has 0 unspecified atom stereocenters. The van der Waals surface area contributed by atoms with Crippen molar-refractivity contribution in [2.45, 2.75) is 6.92 Å². The molecule has 1 heterocycles. The minimum Gasteiger partial charge on any atom is -0.387 e. The summed E-state index contributed by atoms with van der Waals surface area (Å²) in [5.74, 6) is -0.425. The number of nitrogens with zero attached hydrogens (tertiary/aromatic N) is 2. The Labute approximate surface area is 70.0 Å². The monoisotopic (exact) mass is 169 g/mol. The molecule has 0 bridgehead atoms. The van der Waals surface area contributed by atoms with E-state index >= 15 is 0 Å². The molecule has 66 valence electrons. The van der Waals surface area contributed by atoms with Gasteiger partial charge in [-0.05, 0) is 6.92 Å². The van der Waals surface area contributed by atoms with E-state index in [9.17, 15) is 4.79 Å². The second-order valence-electron chi connectivity index (χ2n) is 2.51. The average molecular weight is 169 g/mol. The Morgan fingerprint density at radius 1 is 1.83 bits per heavy atom. The van der Waals surface area contributed by atoms with Crippen LogP contribution in [0.15, 0.2) is 6.20 Å². The Hall–Kier alpha value is -1.36. The van der Waals surface area contributed by atoms with Gasteiger partial charge in [-0.3, -0.25) is 9.48 Å². The minimum atomic E-state index is -0.506. The molecule has 12 heavy (non-hydrogen) atoms. The zero-order valence-corrected chi connectivity index (χ0v) is 7.03. The zero-order valence-electron chi connectivity index (χ0n) is 7.03. The van der Waals surface area contributed by atoms with Crippen molar-refractivity contribution in [3.8, 4) is 0 Å². The van der Waals surface area contributed by atoms with Crippen molar-refractivity contribution in [3.63, 3.8) is 0 Å². The number of aliphatic hydroxyl groups is 1. The molecule has 0 fully saturated rings. The molecular weight excluding hydrogens is 158 g/mol. The first kappa shape index (κ1) is 8.73. The number of nitrogens with one attached hydrogen (secondary N) is 1. The Morgan fingerprint density at radius 3 is 2.92 bits per heavy atom. The van der Waals surface area contributed by atoms with Crippen molar-refractivity contribution in [1.82, 2.24) is 9.78 Å². The molecule has 0 saturated carbocycles. The number of hydrogen-bond donors (Lipinski definition) is 2. The molecule has 1 amide bonds. The molecule has 0 radical (unpaired) electrons. The maximum absolute atomic E-state index is 10.7. The summed E-state index contributed by atoms with van der Waals surface area (Å²) in [5.41, 5.74) is 1.37. The molecule has 2 N–H and O–H groups in total. The van der Waals surface area contributed by atoms with E-state index in [0.29, 0.717) is 5.69 Å². The molecular formula is C7H11N3O2. The fourth-order valence-electron chi connectivity index (χ4n) is 0.912. The molecule has 1 aromatic rings. The zero-order chi connectivity index (χ0) is 9.14. The Bertz CT molecular complexity index is 293. The van der Waals surface area contributed by atoms with Crippen LogP contribution in [0.25, 0.3) is 0 Å². The summed E-state index contributed by atoms with van der Waals surface area (Å²) in [6, 6.07) is 0. The van der Waals surface area contributed by atoms with Crippen LogP contribution in [0.2, 0.25) is 0 Å². The van der Waals surface area contributed by atoms with Gasteiger partial charge in [0.15, 0.2) is 0 Å². The number of aromatic nitrogens is 2. The van der Waals surface area contributed by atoms with Crippen LogP contribution >= 0.6 is 0 Å². The van der Waals surface area contributed by atoms with E-state index < -0.39 is 12.5 Å². The Morgan fingerprint density at radius 2 is 2.50 bits per heavy atom. The molecule has 0 aliphatic heterocycles. The number of hydrogen-bond acceptors (Lipinski definition) is 3. The molecule has 0 spiro atoms. The number of rotatable bonds is 2. The van der Waals surface area contributed by atoms with E-state index in [1.165, 1.54) is 0 Å². The highest BCUT2D eigenvalue weighted by atomic mass is 16.3. The molecule has 5 heteroatoms. The average Bonchev–Trinajstić information content (AvgIpc) is 2.30. The van der Waals surface area contributed by atoms with Gasteiger partial charge in [0.2, 0.25) is 5.91 Å². The van der Waals surface area contributed by atoms with E-state index in [1.807, 2.05) is 0 Å². The lowest BCUT2D eigenvalue weighted by atomic mass is 10.4. The molecule has 0 aromatic carbocycles. The molecule has 1 aromatic heterocycles. The first-order chi connectivity index (χ1) is 5.63. The number of aryl methyl sites for hydroxylation is 2. The topological polar surface area (TPSA) is 67.2 Å². The van der Waals surface area contributed by atoms with Gasteiger partial charge in [0.25, 0.3) is 0 Å². The highest BCUT2D eigenvalue weighted by Crippen LogP contribution is 2.10. The Balaban J connectivity index is 2.75. The minimum absolute atomic E-state index is 0.425. The van der Waals surface area contributed by atoms with Crippen molar-refractivity contribution in [3.05, 3.63) is 11.9 Å². The number of anilines is 1. The largest absolute Gasteiger partial charge is 0.387 e. The van der Waals surface area contributed by atoms with Gasteiger partial charge in [-0.15, -0.1) is 0 Å². The fraction of sp³-hybridized carbons (Fsp3) is 0.429. The van der Waals surface area contributed by atoms with E-state index in [0.717, 1.165) is 5.69 Å². The van der Waals surface area contributed by atoms with Gasteiger partial charge in [0.05, 0.1) is 11.4 Å². The summed E-state index contributed by atoms with van der Waals surface area (Å²) in [5, 5.41) is 15.0. The van der Waals surface area contributed by atoms with Crippen molar-refractivity contribution < 1.29 is 9.90 Å². The van der Waals surface area contributed by atoms with Crippen LogP contribution < -0.4 is 5.32 Å². The van der Waals surface area contributed by atoms with Gasteiger partial charge in [0.1, 0.15) is 6.61 Å². The van der Waals surface area contributed by atoms with E-state index in [1.54, 1.807) is 24.9 Å². The normalized spacial score (nSPS) is 9.92. The predicted molar refractivity (Wildman–Crippen MR) is 43.7 cm³/mol. The maximum atomic E-state index is 10.7. The number of aliphatic hydroxyl groups excluding tert-OH is 1. The van der Waals surface area contributed by atoms with Crippen LogP contribution in [0.4, 0.5) is 5.69 Å². The third-order valence-corrected chi connectivity index (χ3v) is 1.43. The van der Waals surface area contributed by atoms with Gasteiger partial charge in [-0.25, -0.2) is 0 Å². The highest BCUT2D eigenvalue weighted by molar-refractivity contribution is 5.91. The van der Waals surface area contributed by atoms with Gasteiger partial charge in [-0.2, -0.15) is 5.10 Å².